The molecule has 4 heteroatoms. The Morgan fingerprint density at radius 3 is 2.59 bits per heavy atom. The minimum atomic E-state index is 0.452. The Balaban J connectivity index is 2.79. The van der Waals surface area contributed by atoms with Crippen LogP contribution in [0.25, 0.3) is 0 Å². The van der Waals surface area contributed by atoms with Gasteiger partial charge in [0.15, 0.2) is 0 Å². The third-order valence-corrected chi connectivity index (χ3v) is 2.94. The summed E-state index contributed by atoms with van der Waals surface area (Å²) in [7, 11) is 3.64. The predicted molar refractivity (Wildman–Crippen MR) is 69.3 cm³/mol. The molecular weight excluding hydrogens is 214 g/mol. The summed E-state index contributed by atoms with van der Waals surface area (Å²) in [5, 5.41) is 3.35. The van der Waals surface area contributed by atoms with Crippen molar-refractivity contribution in [3.8, 4) is 5.88 Å². The normalized spacial score (nSPS) is 12.8. The van der Waals surface area contributed by atoms with Crippen LogP contribution >= 0.6 is 0 Å². The number of hydrogen-bond donors (Lipinski definition) is 1. The summed E-state index contributed by atoms with van der Waals surface area (Å²) in [6.07, 6.45) is 3.63. The second-order valence-electron chi connectivity index (χ2n) is 4.77. The van der Waals surface area contributed by atoms with Crippen LogP contribution in [-0.2, 0) is 6.42 Å². The van der Waals surface area contributed by atoms with E-state index in [-0.39, 0.29) is 0 Å². The number of ether oxygens (including phenoxy) is 1. The number of likely N-dealkylation sites (N-methyl/N-ethyl adjacent to an activating group) is 1. The van der Waals surface area contributed by atoms with Gasteiger partial charge in [-0.15, -0.1) is 0 Å². The van der Waals surface area contributed by atoms with Gasteiger partial charge in [0, 0.05) is 18.0 Å². The van der Waals surface area contributed by atoms with E-state index in [2.05, 4.69) is 29.1 Å². The van der Waals surface area contributed by atoms with Crippen LogP contribution in [0, 0.1) is 12.8 Å². The minimum Gasteiger partial charge on any atom is -0.481 e. The minimum absolute atomic E-state index is 0.452. The van der Waals surface area contributed by atoms with E-state index in [0.29, 0.717) is 17.8 Å². The standard InChI is InChI=1S/C13H23N3O/c1-9(2)6-11(14-4)7-12-10(3)13(17-5)16-8-15-12/h8-9,11,14H,6-7H2,1-5H3. The molecule has 0 aromatic carbocycles. The molecule has 1 atom stereocenters. The van der Waals surface area contributed by atoms with Crippen LogP contribution in [0.3, 0.4) is 0 Å². The molecule has 0 saturated carbocycles. The van der Waals surface area contributed by atoms with Crippen LogP contribution in [0.15, 0.2) is 6.33 Å². The molecule has 1 N–H and O–H groups in total. The monoisotopic (exact) mass is 237 g/mol. The molecule has 1 rings (SSSR count). The van der Waals surface area contributed by atoms with E-state index < -0.39 is 0 Å². The van der Waals surface area contributed by atoms with Gasteiger partial charge in [0.05, 0.1) is 12.8 Å². The molecule has 1 aromatic rings. The molecule has 0 spiro atoms. The lowest BCUT2D eigenvalue weighted by Gasteiger charge is -2.19. The number of nitrogens with one attached hydrogen (secondary N) is 1. The van der Waals surface area contributed by atoms with Crippen molar-refractivity contribution in [1.29, 1.82) is 0 Å². The van der Waals surface area contributed by atoms with Crippen molar-refractivity contribution >= 4 is 0 Å². The first-order valence-electron chi connectivity index (χ1n) is 6.10. The summed E-state index contributed by atoms with van der Waals surface area (Å²) in [5.74, 6) is 1.35. The topological polar surface area (TPSA) is 47.0 Å². The van der Waals surface area contributed by atoms with Gasteiger partial charge >= 0.3 is 0 Å². The van der Waals surface area contributed by atoms with E-state index >= 15 is 0 Å². The molecule has 0 fully saturated rings. The highest BCUT2D eigenvalue weighted by Crippen LogP contribution is 2.18. The van der Waals surface area contributed by atoms with Gasteiger partial charge in [-0.05, 0) is 26.3 Å². The van der Waals surface area contributed by atoms with Crippen LogP contribution in [-0.4, -0.2) is 30.2 Å². The van der Waals surface area contributed by atoms with Crippen molar-refractivity contribution in [1.82, 2.24) is 15.3 Å². The summed E-state index contributed by atoms with van der Waals surface area (Å²) in [5.41, 5.74) is 2.11. The van der Waals surface area contributed by atoms with Crippen molar-refractivity contribution < 1.29 is 4.74 Å². The number of methoxy groups -OCH3 is 1. The molecule has 0 bridgehead atoms. The molecule has 96 valence electrons. The van der Waals surface area contributed by atoms with Crippen molar-refractivity contribution in [2.75, 3.05) is 14.2 Å². The van der Waals surface area contributed by atoms with E-state index in [1.54, 1.807) is 13.4 Å². The van der Waals surface area contributed by atoms with Crippen LogP contribution in [0.2, 0.25) is 0 Å². The van der Waals surface area contributed by atoms with Crippen LogP contribution < -0.4 is 10.1 Å². The highest BCUT2D eigenvalue weighted by Gasteiger charge is 2.14. The summed E-state index contributed by atoms with van der Waals surface area (Å²) in [6.45, 7) is 6.48. The zero-order chi connectivity index (χ0) is 12.8. The van der Waals surface area contributed by atoms with Crippen LogP contribution in [0.4, 0.5) is 0 Å². The quantitative estimate of drug-likeness (QED) is 0.821. The summed E-state index contributed by atoms with van der Waals surface area (Å²) >= 11 is 0. The maximum absolute atomic E-state index is 5.21. The number of nitrogens with zero attached hydrogens (tertiary/aromatic N) is 2. The lowest BCUT2D eigenvalue weighted by molar-refractivity contribution is 0.389. The Morgan fingerprint density at radius 2 is 2.06 bits per heavy atom. The average Bonchev–Trinajstić information content (AvgIpc) is 2.30. The zero-order valence-corrected chi connectivity index (χ0v) is 11.4. The third kappa shape index (κ3) is 3.97. The molecule has 0 aliphatic rings. The Kier molecular flexibility index (Phi) is 5.35. The van der Waals surface area contributed by atoms with Gasteiger partial charge in [-0.3, -0.25) is 0 Å². The first-order valence-corrected chi connectivity index (χ1v) is 6.10. The number of aromatic nitrogens is 2. The predicted octanol–water partition coefficient (Wildman–Crippen LogP) is 1.97. The Labute approximate surface area is 104 Å². The van der Waals surface area contributed by atoms with E-state index in [0.717, 1.165) is 24.1 Å². The Morgan fingerprint density at radius 1 is 1.35 bits per heavy atom. The van der Waals surface area contributed by atoms with Crippen LogP contribution in [0.1, 0.15) is 31.5 Å². The summed E-state index contributed by atoms with van der Waals surface area (Å²) < 4.78 is 5.21. The molecule has 1 heterocycles. The first-order chi connectivity index (χ1) is 8.08. The maximum atomic E-state index is 5.21. The highest BCUT2D eigenvalue weighted by atomic mass is 16.5. The van der Waals surface area contributed by atoms with E-state index in [1.807, 2.05) is 14.0 Å². The Hall–Kier alpha value is -1.16. The fourth-order valence-corrected chi connectivity index (χ4v) is 1.99. The molecule has 0 amide bonds. The molecule has 0 radical (unpaired) electrons. The first kappa shape index (κ1) is 13.9. The smallest absolute Gasteiger partial charge is 0.219 e. The van der Waals surface area contributed by atoms with Gasteiger partial charge in [-0.2, -0.15) is 0 Å². The van der Waals surface area contributed by atoms with Gasteiger partial charge in [-0.25, -0.2) is 9.97 Å². The highest BCUT2D eigenvalue weighted by molar-refractivity contribution is 5.28. The average molecular weight is 237 g/mol. The molecule has 17 heavy (non-hydrogen) atoms. The zero-order valence-electron chi connectivity index (χ0n) is 11.4. The molecule has 4 nitrogen and oxygen atoms in total. The number of hydrogen-bond acceptors (Lipinski definition) is 4. The van der Waals surface area contributed by atoms with Gasteiger partial charge in [0.1, 0.15) is 6.33 Å². The third-order valence-electron chi connectivity index (χ3n) is 2.94. The lowest BCUT2D eigenvalue weighted by Crippen LogP contribution is -2.29. The maximum Gasteiger partial charge on any atom is 0.219 e. The fourth-order valence-electron chi connectivity index (χ4n) is 1.99. The Bertz CT molecular complexity index is 353. The second kappa shape index (κ2) is 6.55. The van der Waals surface area contributed by atoms with Crippen molar-refractivity contribution in [3.05, 3.63) is 17.6 Å². The van der Waals surface area contributed by atoms with Crippen molar-refractivity contribution in [2.24, 2.45) is 5.92 Å². The summed E-state index contributed by atoms with van der Waals surface area (Å²) in [6, 6.07) is 0.452. The molecule has 1 aromatic heterocycles. The van der Waals surface area contributed by atoms with Crippen molar-refractivity contribution in [3.63, 3.8) is 0 Å². The summed E-state index contributed by atoms with van der Waals surface area (Å²) in [4.78, 5) is 8.45. The van der Waals surface area contributed by atoms with Gasteiger partial charge in [0.2, 0.25) is 5.88 Å². The van der Waals surface area contributed by atoms with E-state index in [9.17, 15) is 0 Å². The number of rotatable bonds is 6. The van der Waals surface area contributed by atoms with Gasteiger partial charge in [0.25, 0.3) is 0 Å². The molecule has 1 unspecified atom stereocenters. The lowest BCUT2D eigenvalue weighted by atomic mass is 9.98. The molecular formula is C13H23N3O. The molecule has 0 aliphatic heterocycles. The molecule has 0 saturated heterocycles. The van der Waals surface area contributed by atoms with Gasteiger partial charge in [-0.1, -0.05) is 13.8 Å². The second-order valence-corrected chi connectivity index (χ2v) is 4.77. The van der Waals surface area contributed by atoms with Crippen LogP contribution in [0.5, 0.6) is 5.88 Å². The molecule has 0 aliphatic carbocycles. The SMILES string of the molecule is CNC(Cc1ncnc(OC)c1C)CC(C)C. The largest absolute Gasteiger partial charge is 0.481 e. The van der Waals surface area contributed by atoms with E-state index in [4.69, 9.17) is 4.74 Å². The van der Waals surface area contributed by atoms with E-state index in [1.165, 1.54) is 0 Å². The fraction of sp³-hybridized carbons (Fsp3) is 0.692. The van der Waals surface area contributed by atoms with Crippen molar-refractivity contribution in [2.45, 2.75) is 39.7 Å². The van der Waals surface area contributed by atoms with Gasteiger partial charge < -0.3 is 10.1 Å².